The Labute approximate surface area is 186 Å². The molecule has 0 unspecified atom stereocenters. The van der Waals surface area contributed by atoms with Gasteiger partial charge in [0.25, 0.3) is 0 Å². The average molecular weight is 453 g/mol. The molecule has 4 rings (SSSR count). The van der Waals surface area contributed by atoms with Crippen LogP contribution in [0.4, 0.5) is 22.0 Å². The van der Waals surface area contributed by atoms with Crippen LogP contribution in [0.5, 0.6) is 5.75 Å². The average Bonchev–Trinajstić information content (AvgIpc) is 3.27. The molecule has 174 valence electrons. The molecular weight excluding hydrogens is 423 g/mol. The van der Waals surface area contributed by atoms with Gasteiger partial charge in [-0.25, -0.2) is 8.78 Å². The predicted molar refractivity (Wildman–Crippen MR) is 114 cm³/mol. The SMILES string of the molecule is Fc1cc(-c2ccc([C@H]3CC[C@H](CCC4CCCC4)CC3)cc2F)ccc1OC(F)(F)F. The van der Waals surface area contributed by atoms with E-state index in [0.29, 0.717) is 5.92 Å². The molecule has 0 atom stereocenters. The van der Waals surface area contributed by atoms with Crippen LogP contribution in [0, 0.1) is 23.5 Å². The summed E-state index contributed by atoms with van der Waals surface area (Å²) in [5.41, 5.74) is 1.28. The van der Waals surface area contributed by atoms with Crippen LogP contribution in [0.1, 0.15) is 75.7 Å². The summed E-state index contributed by atoms with van der Waals surface area (Å²) in [6, 6.07) is 7.93. The molecule has 0 aromatic heterocycles. The molecule has 0 radical (unpaired) electrons. The zero-order chi connectivity index (χ0) is 22.7. The standard InChI is InChI=1S/C26H29F5O/c27-23-15-20(19-9-7-18(8-10-19)6-5-17-3-1-2-4-17)11-13-22(23)21-12-14-25(24(28)16-21)32-26(29,30)31/h11-19H,1-10H2/t18-,19-. The Hall–Kier alpha value is -2.11. The number of halogens is 5. The van der Waals surface area contributed by atoms with E-state index in [-0.39, 0.29) is 11.1 Å². The molecule has 2 aromatic carbocycles. The summed E-state index contributed by atoms with van der Waals surface area (Å²) in [7, 11) is 0. The lowest BCUT2D eigenvalue weighted by Gasteiger charge is -2.29. The van der Waals surface area contributed by atoms with Crippen molar-refractivity contribution in [1.82, 2.24) is 0 Å². The fraction of sp³-hybridized carbons (Fsp3) is 0.538. The third kappa shape index (κ3) is 5.81. The number of ether oxygens (including phenoxy) is 1. The minimum atomic E-state index is -4.98. The van der Waals surface area contributed by atoms with Gasteiger partial charge in [0.05, 0.1) is 0 Å². The van der Waals surface area contributed by atoms with Crippen LogP contribution in [0.25, 0.3) is 11.1 Å². The smallest absolute Gasteiger partial charge is 0.403 e. The van der Waals surface area contributed by atoms with E-state index >= 15 is 0 Å². The molecule has 6 heteroatoms. The quantitative estimate of drug-likeness (QED) is 0.398. The normalized spacial score (nSPS) is 22.3. The van der Waals surface area contributed by atoms with Crippen LogP contribution in [-0.4, -0.2) is 6.36 Å². The Morgan fingerprint density at radius 2 is 1.41 bits per heavy atom. The van der Waals surface area contributed by atoms with E-state index in [1.54, 1.807) is 6.07 Å². The van der Waals surface area contributed by atoms with E-state index < -0.39 is 23.7 Å². The lowest BCUT2D eigenvalue weighted by Crippen LogP contribution is -2.17. The first-order chi connectivity index (χ1) is 15.3. The van der Waals surface area contributed by atoms with E-state index in [1.165, 1.54) is 63.5 Å². The molecule has 1 nitrogen and oxygen atoms in total. The molecule has 0 N–H and O–H groups in total. The molecule has 0 heterocycles. The van der Waals surface area contributed by atoms with Crippen molar-refractivity contribution < 1.29 is 26.7 Å². The van der Waals surface area contributed by atoms with Crippen LogP contribution in [0.3, 0.4) is 0 Å². The van der Waals surface area contributed by atoms with Gasteiger partial charge in [0.15, 0.2) is 11.6 Å². The van der Waals surface area contributed by atoms with Crippen LogP contribution in [0.15, 0.2) is 36.4 Å². The molecule has 2 aliphatic carbocycles. The molecule has 2 aromatic rings. The molecular formula is C26H29F5O. The van der Waals surface area contributed by atoms with Crippen molar-refractivity contribution in [1.29, 1.82) is 0 Å². The van der Waals surface area contributed by atoms with Gasteiger partial charge in [0.1, 0.15) is 5.82 Å². The maximum Gasteiger partial charge on any atom is 0.573 e. The first-order valence-electron chi connectivity index (χ1n) is 11.6. The highest BCUT2D eigenvalue weighted by Gasteiger charge is 2.32. The summed E-state index contributed by atoms with van der Waals surface area (Å²) >= 11 is 0. The highest BCUT2D eigenvalue weighted by Crippen LogP contribution is 2.40. The van der Waals surface area contributed by atoms with Gasteiger partial charge in [-0.3, -0.25) is 0 Å². The minimum absolute atomic E-state index is 0.163. The van der Waals surface area contributed by atoms with Crippen molar-refractivity contribution in [2.45, 2.75) is 76.5 Å². The Balaban J connectivity index is 1.37. The highest BCUT2D eigenvalue weighted by molar-refractivity contribution is 5.65. The second-order valence-electron chi connectivity index (χ2n) is 9.38. The molecule has 2 fully saturated rings. The number of rotatable bonds is 6. The van der Waals surface area contributed by atoms with Gasteiger partial charge in [-0.2, -0.15) is 0 Å². The summed E-state index contributed by atoms with van der Waals surface area (Å²) in [6.45, 7) is 0. The Morgan fingerprint density at radius 1 is 0.750 bits per heavy atom. The molecule has 32 heavy (non-hydrogen) atoms. The topological polar surface area (TPSA) is 9.23 Å². The summed E-state index contributed by atoms with van der Waals surface area (Å²) < 4.78 is 69.4. The minimum Gasteiger partial charge on any atom is -0.403 e. The second-order valence-corrected chi connectivity index (χ2v) is 9.38. The Morgan fingerprint density at radius 3 is 2.00 bits per heavy atom. The Kier molecular flexibility index (Phi) is 7.06. The first-order valence-corrected chi connectivity index (χ1v) is 11.6. The van der Waals surface area contributed by atoms with Crippen molar-refractivity contribution in [3.63, 3.8) is 0 Å². The molecule has 2 aliphatic rings. The molecule has 0 amide bonds. The first kappa shape index (κ1) is 23.1. The van der Waals surface area contributed by atoms with Crippen molar-refractivity contribution in [2.75, 3.05) is 0 Å². The van der Waals surface area contributed by atoms with E-state index in [4.69, 9.17) is 0 Å². The predicted octanol–water partition coefficient (Wildman–Crippen LogP) is 8.77. The van der Waals surface area contributed by atoms with Crippen molar-refractivity contribution >= 4 is 0 Å². The monoisotopic (exact) mass is 452 g/mol. The molecule has 0 aliphatic heterocycles. The van der Waals surface area contributed by atoms with Crippen LogP contribution in [0.2, 0.25) is 0 Å². The third-order valence-corrected chi connectivity index (χ3v) is 7.24. The van der Waals surface area contributed by atoms with E-state index in [1.807, 2.05) is 6.07 Å². The van der Waals surface area contributed by atoms with E-state index in [9.17, 15) is 22.0 Å². The van der Waals surface area contributed by atoms with E-state index in [0.717, 1.165) is 42.4 Å². The number of alkyl halides is 3. The largest absolute Gasteiger partial charge is 0.573 e. The summed E-state index contributed by atoms with van der Waals surface area (Å²) in [4.78, 5) is 0. The van der Waals surface area contributed by atoms with Gasteiger partial charge in [0.2, 0.25) is 0 Å². The summed E-state index contributed by atoms with van der Waals surface area (Å²) in [6.07, 6.45) is 7.68. The maximum atomic E-state index is 14.8. The highest BCUT2D eigenvalue weighted by atomic mass is 19.4. The van der Waals surface area contributed by atoms with Gasteiger partial charge >= 0.3 is 6.36 Å². The molecule has 0 bridgehead atoms. The van der Waals surface area contributed by atoms with Gasteiger partial charge in [0, 0.05) is 5.56 Å². The summed E-state index contributed by atoms with van der Waals surface area (Å²) in [5.74, 6) is -0.581. The Bertz CT molecular complexity index is 909. The van der Waals surface area contributed by atoms with Crippen LogP contribution in [-0.2, 0) is 0 Å². The fourth-order valence-corrected chi connectivity index (χ4v) is 5.45. The number of hydrogen-bond acceptors (Lipinski definition) is 1. The van der Waals surface area contributed by atoms with E-state index in [2.05, 4.69) is 4.74 Å². The number of hydrogen-bond donors (Lipinski definition) is 0. The molecule has 2 saturated carbocycles. The second kappa shape index (κ2) is 9.80. The molecule has 0 saturated heterocycles. The summed E-state index contributed by atoms with van der Waals surface area (Å²) in [5, 5.41) is 0. The molecule has 0 spiro atoms. The van der Waals surface area contributed by atoms with Gasteiger partial charge in [-0.05, 0) is 72.8 Å². The van der Waals surface area contributed by atoms with Crippen molar-refractivity contribution in [3.05, 3.63) is 53.6 Å². The van der Waals surface area contributed by atoms with Gasteiger partial charge in [-0.15, -0.1) is 13.2 Å². The maximum absolute atomic E-state index is 14.8. The zero-order valence-electron chi connectivity index (χ0n) is 18.1. The number of benzene rings is 2. The third-order valence-electron chi connectivity index (χ3n) is 7.24. The lowest BCUT2D eigenvalue weighted by atomic mass is 9.76. The van der Waals surface area contributed by atoms with Gasteiger partial charge < -0.3 is 4.74 Å². The van der Waals surface area contributed by atoms with Crippen molar-refractivity contribution in [2.24, 2.45) is 11.8 Å². The van der Waals surface area contributed by atoms with Crippen LogP contribution < -0.4 is 4.74 Å². The van der Waals surface area contributed by atoms with Gasteiger partial charge in [-0.1, -0.05) is 56.7 Å². The lowest BCUT2D eigenvalue weighted by molar-refractivity contribution is -0.275. The van der Waals surface area contributed by atoms with Crippen LogP contribution >= 0.6 is 0 Å². The zero-order valence-corrected chi connectivity index (χ0v) is 18.1. The van der Waals surface area contributed by atoms with Crippen molar-refractivity contribution in [3.8, 4) is 16.9 Å². The fourth-order valence-electron chi connectivity index (χ4n) is 5.45.